The van der Waals surface area contributed by atoms with Crippen molar-refractivity contribution in [1.29, 1.82) is 0 Å². The lowest BCUT2D eigenvalue weighted by molar-refractivity contribution is -0.150. The third kappa shape index (κ3) is 6.14. The van der Waals surface area contributed by atoms with Crippen molar-refractivity contribution in [3.63, 3.8) is 0 Å². The molecule has 0 aliphatic heterocycles. The molecule has 1 heterocycles. The van der Waals surface area contributed by atoms with Gasteiger partial charge in [0.15, 0.2) is 0 Å². The van der Waals surface area contributed by atoms with Crippen molar-refractivity contribution in [3.05, 3.63) is 30.0 Å². The van der Waals surface area contributed by atoms with Crippen molar-refractivity contribution in [1.82, 2.24) is 15.2 Å². The monoisotopic (exact) mass is 511 g/mol. The molecule has 0 radical (unpaired) electrons. The maximum atomic E-state index is 13.8. The van der Waals surface area contributed by atoms with Gasteiger partial charge in [0.1, 0.15) is 18.3 Å². The van der Waals surface area contributed by atoms with Gasteiger partial charge in [-0.25, -0.2) is 0 Å². The fourth-order valence-corrected chi connectivity index (χ4v) is 5.76. The number of esters is 1. The number of amides is 2. The first kappa shape index (κ1) is 26.7. The summed E-state index contributed by atoms with van der Waals surface area (Å²) in [5.41, 5.74) is 0.835. The van der Waals surface area contributed by atoms with Crippen LogP contribution in [0.15, 0.2) is 24.4 Å². The largest absolute Gasteiger partial charge is 0.497 e. The number of nitrogens with one attached hydrogen (secondary N) is 2. The van der Waals surface area contributed by atoms with Crippen molar-refractivity contribution in [2.75, 3.05) is 20.8 Å². The predicted molar refractivity (Wildman–Crippen MR) is 138 cm³/mol. The molecule has 0 spiro atoms. The van der Waals surface area contributed by atoms with E-state index >= 15 is 0 Å². The zero-order chi connectivity index (χ0) is 26.4. The smallest absolute Gasteiger partial charge is 0.325 e. The van der Waals surface area contributed by atoms with Crippen molar-refractivity contribution >= 4 is 34.5 Å². The molecule has 0 unspecified atom stereocenters. The molecule has 2 aliphatic rings. The van der Waals surface area contributed by atoms with Gasteiger partial charge in [0.05, 0.1) is 19.8 Å². The Morgan fingerprint density at radius 2 is 1.68 bits per heavy atom. The molecule has 2 fully saturated rings. The Balaban J connectivity index is 1.66. The molecular weight excluding hydrogens is 474 g/mol. The summed E-state index contributed by atoms with van der Waals surface area (Å²) in [7, 11) is 2.78. The van der Waals surface area contributed by atoms with E-state index in [9.17, 15) is 19.2 Å². The number of rotatable bonds is 9. The normalized spacial score (nSPS) is 17.7. The molecule has 4 rings (SSSR count). The third-order valence-electron chi connectivity index (χ3n) is 7.77. The number of methoxy groups -OCH3 is 2. The van der Waals surface area contributed by atoms with Gasteiger partial charge in [-0.2, -0.15) is 0 Å². The Morgan fingerprint density at radius 3 is 2.32 bits per heavy atom. The Hall–Kier alpha value is -3.36. The van der Waals surface area contributed by atoms with Gasteiger partial charge in [-0.15, -0.1) is 0 Å². The fourth-order valence-electron chi connectivity index (χ4n) is 5.76. The number of benzene rings is 1. The summed E-state index contributed by atoms with van der Waals surface area (Å²) in [5, 5.41) is 3.71. The minimum absolute atomic E-state index is 0.0433. The van der Waals surface area contributed by atoms with Crippen molar-refractivity contribution in [2.24, 2.45) is 5.92 Å². The molecule has 2 N–H and O–H groups in total. The fraction of sp³-hybridized carbons (Fsp3) is 0.571. The van der Waals surface area contributed by atoms with E-state index in [1.807, 2.05) is 0 Å². The number of ether oxygens (including phenoxy) is 2. The molecule has 1 atom stereocenters. The molecule has 200 valence electrons. The number of ketones is 1. The van der Waals surface area contributed by atoms with Crippen LogP contribution in [0.2, 0.25) is 0 Å². The van der Waals surface area contributed by atoms with Gasteiger partial charge >= 0.3 is 5.97 Å². The van der Waals surface area contributed by atoms with Crippen molar-refractivity contribution in [2.45, 2.75) is 76.3 Å². The number of carbonyl (C=O) groups excluding carboxylic acids is 4. The number of nitrogens with zero attached hydrogens (tertiary/aromatic N) is 1. The van der Waals surface area contributed by atoms with Crippen LogP contribution in [0.25, 0.3) is 10.9 Å². The summed E-state index contributed by atoms with van der Waals surface area (Å²) in [6, 6.07) is 4.30. The van der Waals surface area contributed by atoms with E-state index in [0.29, 0.717) is 16.7 Å². The van der Waals surface area contributed by atoms with Gasteiger partial charge in [-0.3, -0.25) is 19.2 Å². The van der Waals surface area contributed by atoms with Crippen LogP contribution in [-0.2, 0) is 19.1 Å². The van der Waals surface area contributed by atoms with Crippen LogP contribution in [0.1, 0.15) is 74.6 Å². The first-order valence-corrected chi connectivity index (χ1v) is 13.3. The van der Waals surface area contributed by atoms with Crippen LogP contribution in [0.4, 0.5) is 0 Å². The second-order valence-corrected chi connectivity index (χ2v) is 10.1. The average Bonchev–Trinajstić information content (AvgIpc) is 3.36. The zero-order valence-electron chi connectivity index (χ0n) is 21.7. The molecule has 2 aliphatic carbocycles. The highest BCUT2D eigenvalue weighted by atomic mass is 16.5. The summed E-state index contributed by atoms with van der Waals surface area (Å²) in [5.74, 6) is -2.12. The lowest BCUT2D eigenvalue weighted by Crippen LogP contribution is -2.58. The topological polar surface area (TPSA) is 118 Å². The maximum absolute atomic E-state index is 13.8. The summed E-state index contributed by atoms with van der Waals surface area (Å²) < 4.78 is 10.1. The van der Waals surface area contributed by atoms with Crippen molar-refractivity contribution in [3.8, 4) is 5.75 Å². The standard InChI is InChI=1S/C28H37N3O6/c1-36-20-13-14-21-22(16-29-23(21)15-20)26(33)28(35)31(17-24(32)37-2)25(18-9-5-3-6-10-18)27(34)30-19-11-7-4-8-12-19/h13-16,18-19,25,29H,3-12,17H2,1-2H3,(H,30,34)/t25-/m1/s1. The molecule has 1 aromatic heterocycles. The minimum atomic E-state index is -0.914. The summed E-state index contributed by atoms with van der Waals surface area (Å²) in [4.78, 5) is 57.7. The van der Waals surface area contributed by atoms with E-state index in [2.05, 4.69) is 10.3 Å². The first-order valence-electron chi connectivity index (χ1n) is 13.3. The zero-order valence-corrected chi connectivity index (χ0v) is 21.7. The van der Waals surface area contributed by atoms with Crippen LogP contribution in [0.5, 0.6) is 5.75 Å². The molecule has 2 amide bonds. The van der Waals surface area contributed by atoms with E-state index in [0.717, 1.165) is 69.1 Å². The molecule has 0 saturated heterocycles. The second kappa shape index (κ2) is 12.3. The molecule has 9 nitrogen and oxygen atoms in total. The highest BCUT2D eigenvalue weighted by molar-refractivity contribution is 6.45. The number of Topliss-reactive ketones (excluding diaryl/α,β-unsaturated/α-hetero) is 1. The summed E-state index contributed by atoms with van der Waals surface area (Å²) in [6.45, 7) is -0.462. The van der Waals surface area contributed by atoms with E-state index in [-0.39, 0.29) is 23.4 Å². The van der Waals surface area contributed by atoms with E-state index in [1.54, 1.807) is 25.3 Å². The minimum Gasteiger partial charge on any atom is -0.497 e. The van der Waals surface area contributed by atoms with Gasteiger partial charge in [-0.1, -0.05) is 38.5 Å². The lowest BCUT2D eigenvalue weighted by atomic mass is 9.82. The Morgan fingerprint density at radius 1 is 1.00 bits per heavy atom. The van der Waals surface area contributed by atoms with Crippen molar-refractivity contribution < 1.29 is 28.7 Å². The average molecular weight is 512 g/mol. The van der Waals surface area contributed by atoms with E-state index in [1.165, 1.54) is 13.3 Å². The first-order chi connectivity index (χ1) is 17.9. The number of aromatic amines is 1. The highest BCUT2D eigenvalue weighted by Crippen LogP contribution is 2.31. The molecule has 1 aromatic carbocycles. The maximum Gasteiger partial charge on any atom is 0.325 e. The van der Waals surface area contributed by atoms with Gasteiger partial charge in [0, 0.05) is 29.2 Å². The summed E-state index contributed by atoms with van der Waals surface area (Å²) in [6.07, 6.45) is 11.0. The number of aromatic nitrogens is 1. The Kier molecular flexibility index (Phi) is 8.84. The molecule has 0 bridgehead atoms. The van der Waals surface area contributed by atoms with Gasteiger partial charge in [-0.05, 0) is 43.7 Å². The highest BCUT2D eigenvalue weighted by Gasteiger charge is 2.41. The van der Waals surface area contributed by atoms with E-state index in [4.69, 9.17) is 9.47 Å². The molecule has 37 heavy (non-hydrogen) atoms. The van der Waals surface area contributed by atoms with Gasteiger partial charge in [0.25, 0.3) is 11.7 Å². The molecule has 9 heteroatoms. The molecule has 2 saturated carbocycles. The number of hydrogen-bond acceptors (Lipinski definition) is 6. The van der Waals surface area contributed by atoms with Crippen LogP contribution in [-0.4, -0.2) is 66.3 Å². The Bertz CT molecular complexity index is 1130. The Labute approximate surface area is 217 Å². The van der Waals surface area contributed by atoms with Crippen LogP contribution >= 0.6 is 0 Å². The number of fused-ring (bicyclic) bond motifs is 1. The summed E-state index contributed by atoms with van der Waals surface area (Å²) >= 11 is 0. The van der Waals surface area contributed by atoms with Gasteiger partial charge in [0.2, 0.25) is 5.91 Å². The number of H-pyrrole nitrogens is 1. The van der Waals surface area contributed by atoms with Crippen LogP contribution in [0.3, 0.4) is 0 Å². The van der Waals surface area contributed by atoms with Gasteiger partial charge < -0.3 is 24.7 Å². The quantitative estimate of drug-likeness (QED) is 0.301. The second-order valence-electron chi connectivity index (χ2n) is 10.1. The molecule has 2 aromatic rings. The molecular formula is C28H37N3O6. The number of hydrogen-bond donors (Lipinski definition) is 2. The third-order valence-corrected chi connectivity index (χ3v) is 7.77. The predicted octanol–water partition coefficient (Wildman–Crippen LogP) is 3.76. The number of carbonyl (C=O) groups is 4. The van der Waals surface area contributed by atoms with Crippen LogP contribution < -0.4 is 10.1 Å². The SMILES string of the molecule is COC(=O)CN(C(=O)C(=O)c1c[nH]c2cc(OC)ccc12)[C@@H](C(=O)NC1CCCCC1)C1CCCCC1. The lowest BCUT2D eigenvalue weighted by Gasteiger charge is -2.38. The van der Waals surface area contributed by atoms with E-state index < -0.39 is 30.2 Å². The van der Waals surface area contributed by atoms with Crippen LogP contribution in [0, 0.1) is 5.92 Å².